The number of hydrogen-bond donors (Lipinski definition) is 1. The third-order valence-corrected chi connectivity index (χ3v) is 4.19. The minimum absolute atomic E-state index is 0.901. The maximum atomic E-state index is 6.36. The molecule has 0 amide bonds. The molecule has 0 bridgehead atoms. The van der Waals surface area contributed by atoms with E-state index < -0.39 is 0 Å². The summed E-state index contributed by atoms with van der Waals surface area (Å²) in [6.45, 7) is 6.31. The summed E-state index contributed by atoms with van der Waals surface area (Å²) in [7, 11) is 0. The lowest BCUT2D eigenvalue weighted by Crippen LogP contribution is -1.97. The fourth-order valence-electron chi connectivity index (χ4n) is 2.84. The molecule has 3 aromatic carbocycles. The summed E-state index contributed by atoms with van der Waals surface area (Å²) in [5.41, 5.74) is 12.1. The van der Waals surface area contributed by atoms with Crippen LogP contribution in [0.4, 0.5) is 5.69 Å². The van der Waals surface area contributed by atoms with Crippen molar-refractivity contribution >= 4 is 22.0 Å². The van der Waals surface area contributed by atoms with Crippen LogP contribution >= 0.6 is 0 Å². The van der Waals surface area contributed by atoms with Gasteiger partial charge in [-0.15, -0.1) is 0 Å². The Hall–Kier alpha value is -2.54. The molecule has 2 N–H and O–H groups in total. The zero-order chi connectivity index (χ0) is 15.5. The highest BCUT2D eigenvalue weighted by Gasteiger charge is 2.06. The maximum Gasteiger partial charge on any atom is 0.0426 e. The highest BCUT2D eigenvalue weighted by Crippen LogP contribution is 2.28. The molecule has 0 radical (unpaired) electrons. The third kappa shape index (κ3) is 2.89. The molecule has 0 aliphatic rings. The molecule has 1 nitrogen and oxygen atoms in total. The average molecular weight is 287 g/mol. The van der Waals surface area contributed by atoms with Gasteiger partial charge in [-0.1, -0.05) is 72.8 Å². The summed E-state index contributed by atoms with van der Waals surface area (Å²) < 4.78 is 0. The van der Waals surface area contributed by atoms with E-state index in [2.05, 4.69) is 56.0 Å². The SMILES string of the molecule is C=C(CCc1ccc2cc(C)ccc2c1N)c1ccccc1. The van der Waals surface area contributed by atoms with Gasteiger partial charge in [0.05, 0.1) is 0 Å². The highest BCUT2D eigenvalue weighted by molar-refractivity contribution is 5.94. The number of nitrogen functional groups attached to an aromatic ring is 1. The van der Waals surface area contributed by atoms with Crippen molar-refractivity contribution in [3.05, 3.63) is 83.9 Å². The second kappa shape index (κ2) is 6.07. The number of hydrogen-bond acceptors (Lipinski definition) is 1. The molecule has 0 spiro atoms. The van der Waals surface area contributed by atoms with Crippen molar-refractivity contribution < 1.29 is 0 Å². The Labute approximate surface area is 132 Å². The van der Waals surface area contributed by atoms with Gasteiger partial charge in [0.25, 0.3) is 0 Å². The Morgan fingerprint density at radius 2 is 1.77 bits per heavy atom. The molecule has 1 heteroatoms. The molecule has 3 aromatic rings. The summed E-state index contributed by atoms with van der Waals surface area (Å²) in [4.78, 5) is 0. The molecule has 0 saturated carbocycles. The van der Waals surface area contributed by atoms with Crippen LogP contribution in [0.25, 0.3) is 16.3 Å². The van der Waals surface area contributed by atoms with Gasteiger partial charge in [0.1, 0.15) is 0 Å². The molecule has 22 heavy (non-hydrogen) atoms. The van der Waals surface area contributed by atoms with Crippen molar-refractivity contribution in [3.63, 3.8) is 0 Å². The number of fused-ring (bicyclic) bond motifs is 1. The van der Waals surface area contributed by atoms with Gasteiger partial charge < -0.3 is 5.73 Å². The topological polar surface area (TPSA) is 26.0 Å². The minimum atomic E-state index is 0.901. The van der Waals surface area contributed by atoms with Crippen molar-refractivity contribution in [1.82, 2.24) is 0 Å². The van der Waals surface area contributed by atoms with Gasteiger partial charge in [0.2, 0.25) is 0 Å². The fourth-order valence-corrected chi connectivity index (χ4v) is 2.84. The molecular formula is C21H21N. The standard InChI is InChI=1S/C21H21N/c1-15-8-13-20-19(14-15)12-11-18(21(20)22)10-9-16(2)17-6-4-3-5-7-17/h3-8,11-14H,2,9-10,22H2,1H3. The fraction of sp³-hybridized carbons (Fsp3) is 0.143. The van der Waals surface area contributed by atoms with Crippen molar-refractivity contribution in [2.75, 3.05) is 5.73 Å². The number of anilines is 1. The zero-order valence-electron chi connectivity index (χ0n) is 13.0. The van der Waals surface area contributed by atoms with Crippen LogP contribution in [-0.2, 0) is 6.42 Å². The van der Waals surface area contributed by atoms with Crippen molar-refractivity contribution in [2.45, 2.75) is 19.8 Å². The van der Waals surface area contributed by atoms with Gasteiger partial charge in [-0.2, -0.15) is 0 Å². The molecule has 110 valence electrons. The molecule has 3 rings (SSSR count). The first-order chi connectivity index (χ1) is 10.6. The Bertz CT molecular complexity index is 816. The predicted molar refractivity (Wildman–Crippen MR) is 96.9 cm³/mol. The summed E-state index contributed by atoms with van der Waals surface area (Å²) in [5, 5.41) is 2.36. The lowest BCUT2D eigenvalue weighted by atomic mass is 9.96. The van der Waals surface area contributed by atoms with Gasteiger partial charge in [-0.25, -0.2) is 0 Å². The van der Waals surface area contributed by atoms with Crippen LogP contribution in [0.5, 0.6) is 0 Å². The normalized spacial score (nSPS) is 10.8. The minimum Gasteiger partial charge on any atom is -0.398 e. The van der Waals surface area contributed by atoms with Gasteiger partial charge in [-0.3, -0.25) is 0 Å². The molecule has 0 aliphatic heterocycles. The number of benzene rings is 3. The van der Waals surface area contributed by atoms with E-state index >= 15 is 0 Å². The molecule has 0 heterocycles. The summed E-state index contributed by atoms with van der Waals surface area (Å²) >= 11 is 0. The van der Waals surface area contributed by atoms with Crippen LogP contribution in [-0.4, -0.2) is 0 Å². The zero-order valence-corrected chi connectivity index (χ0v) is 13.0. The number of aryl methyl sites for hydroxylation is 2. The number of nitrogens with two attached hydrogens (primary N) is 1. The van der Waals surface area contributed by atoms with Gasteiger partial charge in [-0.05, 0) is 41.9 Å². The first-order valence-corrected chi connectivity index (χ1v) is 7.66. The van der Waals surface area contributed by atoms with Crippen molar-refractivity contribution in [1.29, 1.82) is 0 Å². The number of rotatable bonds is 4. The van der Waals surface area contributed by atoms with Crippen molar-refractivity contribution in [3.8, 4) is 0 Å². The predicted octanol–water partition coefficient (Wildman–Crippen LogP) is 5.38. The van der Waals surface area contributed by atoms with E-state index in [4.69, 9.17) is 5.73 Å². The van der Waals surface area contributed by atoms with Crippen LogP contribution in [0.3, 0.4) is 0 Å². The van der Waals surface area contributed by atoms with Crippen molar-refractivity contribution in [2.24, 2.45) is 0 Å². The van der Waals surface area contributed by atoms with Crippen LogP contribution in [0.15, 0.2) is 67.2 Å². The monoisotopic (exact) mass is 287 g/mol. The number of allylic oxidation sites excluding steroid dienone is 1. The molecular weight excluding hydrogens is 266 g/mol. The van der Waals surface area contributed by atoms with E-state index in [1.54, 1.807) is 0 Å². The third-order valence-electron chi connectivity index (χ3n) is 4.19. The Morgan fingerprint density at radius 1 is 1.00 bits per heavy atom. The highest BCUT2D eigenvalue weighted by atomic mass is 14.6. The maximum absolute atomic E-state index is 6.36. The van der Waals surface area contributed by atoms with Gasteiger partial charge >= 0.3 is 0 Å². The molecule has 0 aliphatic carbocycles. The first-order valence-electron chi connectivity index (χ1n) is 7.66. The molecule has 0 fully saturated rings. The van der Waals surface area contributed by atoms with Crippen LogP contribution in [0.2, 0.25) is 0 Å². The molecule has 0 unspecified atom stereocenters. The molecule has 0 saturated heterocycles. The quantitative estimate of drug-likeness (QED) is 0.641. The van der Waals surface area contributed by atoms with E-state index in [9.17, 15) is 0 Å². The lowest BCUT2D eigenvalue weighted by Gasteiger charge is -2.11. The van der Waals surface area contributed by atoms with E-state index in [-0.39, 0.29) is 0 Å². The summed E-state index contributed by atoms with van der Waals surface area (Å²) in [6.07, 6.45) is 1.84. The summed E-state index contributed by atoms with van der Waals surface area (Å²) in [6, 6.07) is 21.1. The van der Waals surface area contributed by atoms with E-state index in [0.29, 0.717) is 0 Å². The van der Waals surface area contributed by atoms with Gasteiger partial charge in [0, 0.05) is 11.1 Å². The van der Waals surface area contributed by atoms with Crippen LogP contribution in [0, 0.1) is 6.92 Å². The second-order valence-electron chi connectivity index (χ2n) is 5.83. The Kier molecular flexibility index (Phi) is 3.97. The largest absolute Gasteiger partial charge is 0.398 e. The van der Waals surface area contributed by atoms with Gasteiger partial charge in [0.15, 0.2) is 0 Å². The molecule has 0 aromatic heterocycles. The summed E-state index contributed by atoms with van der Waals surface area (Å²) in [5.74, 6) is 0. The molecule has 0 atom stereocenters. The Balaban J connectivity index is 1.81. The smallest absolute Gasteiger partial charge is 0.0426 e. The first kappa shape index (κ1) is 14.4. The van der Waals surface area contributed by atoms with Crippen LogP contribution in [0.1, 0.15) is 23.1 Å². The van der Waals surface area contributed by atoms with E-state index in [1.807, 2.05) is 18.2 Å². The second-order valence-corrected chi connectivity index (χ2v) is 5.83. The van der Waals surface area contributed by atoms with E-state index in [1.165, 1.54) is 22.1 Å². The average Bonchev–Trinajstić information content (AvgIpc) is 2.54. The van der Waals surface area contributed by atoms with E-state index in [0.717, 1.165) is 29.5 Å². The lowest BCUT2D eigenvalue weighted by molar-refractivity contribution is 1.02. The van der Waals surface area contributed by atoms with Crippen LogP contribution < -0.4 is 5.73 Å². The Morgan fingerprint density at radius 3 is 2.55 bits per heavy atom.